The SMILES string of the molecule is COCCOc1cc(OCCOC)c2cc(C=O)c(=O)oc2c1. The van der Waals surface area contributed by atoms with Crippen LogP contribution < -0.4 is 15.1 Å². The third-order valence-electron chi connectivity index (χ3n) is 3.04. The molecule has 0 saturated carbocycles. The number of hydrogen-bond acceptors (Lipinski definition) is 7. The van der Waals surface area contributed by atoms with Gasteiger partial charge in [-0.15, -0.1) is 0 Å². The number of fused-ring (bicyclic) bond motifs is 1. The monoisotopic (exact) mass is 322 g/mol. The van der Waals surface area contributed by atoms with E-state index in [9.17, 15) is 9.59 Å². The summed E-state index contributed by atoms with van der Waals surface area (Å²) in [6.07, 6.45) is 0.452. The number of rotatable bonds is 9. The molecule has 0 fully saturated rings. The van der Waals surface area contributed by atoms with Crippen LogP contribution in [0.2, 0.25) is 0 Å². The Morgan fingerprint density at radius 3 is 2.35 bits per heavy atom. The van der Waals surface area contributed by atoms with Gasteiger partial charge in [0.2, 0.25) is 0 Å². The van der Waals surface area contributed by atoms with Gasteiger partial charge in [0.25, 0.3) is 0 Å². The topological polar surface area (TPSA) is 84.2 Å². The van der Waals surface area contributed by atoms with E-state index in [2.05, 4.69) is 0 Å². The molecule has 0 unspecified atom stereocenters. The van der Waals surface area contributed by atoms with Crippen molar-refractivity contribution in [1.82, 2.24) is 0 Å². The molecule has 1 aromatic heterocycles. The van der Waals surface area contributed by atoms with E-state index in [1.54, 1.807) is 26.4 Å². The minimum Gasteiger partial charge on any atom is -0.491 e. The Bertz CT molecular complexity index is 720. The molecule has 0 aliphatic heterocycles. The lowest BCUT2D eigenvalue weighted by Crippen LogP contribution is -2.09. The zero-order valence-electron chi connectivity index (χ0n) is 13.0. The number of methoxy groups -OCH3 is 2. The molecule has 0 bridgehead atoms. The molecule has 0 radical (unpaired) electrons. The minimum atomic E-state index is -0.704. The van der Waals surface area contributed by atoms with Crippen molar-refractivity contribution in [3.8, 4) is 11.5 Å². The lowest BCUT2D eigenvalue weighted by atomic mass is 10.1. The van der Waals surface area contributed by atoms with E-state index in [0.29, 0.717) is 49.6 Å². The Labute approximate surface area is 132 Å². The highest BCUT2D eigenvalue weighted by atomic mass is 16.5. The lowest BCUT2D eigenvalue weighted by molar-refractivity contribution is 0.112. The van der Waals surface area contributed by atoms with E-state index in [0.717, 1.165) is 0 Å². The average Bonchev–Trinajstić information content (AvgIpc) is 2.54. The van der Waals surface area contributed by atoms with Gasteiger partial charge in [-0.1, -0.05) is 0 Å². The van der Waals surface area contributed by atoms with Gasteiger partial charge < -0.3 is 23.4 Å². The fraction of sp³-hybridized carbons (Fsp3) is 0.375. The van der Waals surface area contributed by atoms with E-state index in [-0.39, 0.29) is 11.1 Å². The highest BCUT2D eigenvalue weighted by Gasteiger charge is 2.12. The van der Waals surface area contributed by atoms with Gasteiger partial charge in [-0.05, 0) is 6.07 Å². The summed E-state index contributed by atoms with van der Waals surface area (Å²) in [5, 5.41) is 0.516. The predicted molar refractivity (Wildman–Crippen MR) is 82.6 cm³/mol. The lowest BCUT2D eigenvalue weighted by Gasteiger charge is -2.12. The van der Waals surface area contributed by atoms with Crippen molar-refractivity contribution in [3.63, 3.8) is 0 Å². The van der Waals surface area contributed by atoms with Gasteiger partial charge in [-0.25, -0.2) is 4.79 Å². The molecule has 7 nitrogen and oxygen atoms in total. The molecule has 0 aliphatic rings. The highest BCUT2D eigenvalue weighted by molar-refractivity contribution is 5.89. The van der Waals surface area contributed by atoms with Crippen molar-refractivity contribution in [2.24, 2.45) is 0 Å². The van der Waals surface area contributed by atoms with E-state index >= 15 is 0 Å². The smallest absolute Gasteiger partial charge is 0.346 e. The molecular weight excluding hydrogens is 304 g/mol. The molecule has 2 rings (SSSR count). The largest absolute Gasteiger partial charge is 0.491 e. The summed E-state index contributed by atoms with van der Waals surface area (Å²) in [6.45, 7) is 1.47. The number of ether oxygens (including phenoxy) is 4. The summed E-state index contributed by atoms with van der Waals surface area (Å²) >= 11 is 0. The number of aldehydes is 1. The Kier molecular flexibility index (Phi) is 6.13. The van der Waals surface area contributed by atoms with Gasteiger partial charge in [-0.3, -0.25) is 4.79 Å². The van der Waals surface area contributed by atoms with Crippen LogP contribution in [0.15, 0.2) is 27.4 Å². The zero-order chi connectivity index (χ0) is 16.7. The van der Waals surface area contributed by atoms with Crippen LogP contribution in [0.25, 0.3) is 11.0 Å². The molecule has 0 saturated heterocycles. The van der Waals surface area contributed by atoms with E-state index < -0.39 is 5.63 Å². The summed E-state index contributed by atoms with van der Waals surface area (Å²) in [5.74, 6) is 0.919. The third kappa shape index (κ3) is 4.30. The highest BCUT2D eigenvalue weighted by Crippen LogP contribution is 2.31. The summed E-state index contributed by atoms with van der Waals surface area (Å²) < 4.78 is 26.2. The molecule has 1 heterocycles. The fourth-order valence-electron chi connectivity index (χ4n) is 1.94. The normalized spacial score (nSPS) is 10.7. The summed E-state index contributed by atoms with van der Waals surface area (Å²) in [6, 6.07) is 4.68. The molecule has 0 aliphatic carbocycles. The zero-order valence-corrected chi connectivity index (χ0v) is 13.0. The number of hydrogen-bond donors (Lipinski definition) is 0. The summed E-state index contributed by atoms with van der Waals surface area (Å²) in [7, 11) is 3.14. The molecule has 7 heteroatoms. The fourth-order valence-corrected chi connectivity index (χ4v) is 1.94. The first kappa shape index (κ1) is 17.0. The van der Waals surface area contributed by atoms with Crippen molar-refractivity contribution in [3.05, 3.63) is 34.2 Å². The molecule has 1 aromatic carbocycles. The van der Waals surface area contributed by atoms with Crippen LogP contribution in [0.4, 0.5) is 0 Å². The second kappa shape index (κ2) is 8.30. The molecule has 0 amide bonds. The summed E-state index contributed by atoms with van der Waals surface area (Å²) in [5.41, 5.74) is -0.491. The van der Waals surface area contributed by atoms with Crippen LogP contribution in [0.1, 0.15) is 10.4 Å². The number of carbonyl (C=O) groups excluding carboxylic acids is 1. The quantitative estimate of drug-likeness (QED) is 0.394. The number of benzene rings is 1. The van der Waals surface area contributed by atoms with Crippen molar-refractivity contribution < 1.29 is 28.2 Å². The third-order valence-corrected chi connectivity index (χ3v) is 3.04. The Hall–Kier alpha value is -2.38. The van der Waals surface area contributed by atoms with Gasteiger partial charge >= 0.3 is 5.63 Å². The number of carbonyl (C=O) groups is 1. The van der Waals surface area contributed by atoms with Crippen molar-refractivity contribution in [1.29, 1.82) is 0 Å². The molecule has 2 aromatic rings. The first-order valence-corrected chi connectivity index (χ1v) is 7.00. The molecule has 23 heavy (non-hydrogen) atoms. The van der Waals surface area contributed by atoms with Crippen LogP contribution in [0.5, 0.6) is 11.5 Å². The van der Waals surface area contributed by atoms with E-state index in [1.807, 2.05) is 0 Å². The second-order valence-electron chi connectivity index (χ2n) is 4.62. The van der Waals surface area contributed by atoms with Crippen LogP contribution in [0.3, 0.4) is 0 Å². The molecule has 0 spiro atoms. The Balaban J connectivity index is 2.42. The van der Waals surface area contributed by atoms with Gasteiger partial charge in [0.1, 0.15) is 35.9 Å². The van der Waals surface area contributed by atoms with E-state index in [1.165, 1.54) is 6.07 Å². The van der Waals surface area contributed by atoms with Crippen LogP contribution in [-0.4, -0.2) is 46.9 Å². The predicted octanol–water partition coefficient (Wildman–Crippen LogP) is 1.66. The maximum atomic E-state index is 11.7. The molecular formula is C16H18O7. The second-order valence-corrected chi connectivity index (χ2v) is 4.62. The van der Waals surface area contributed by atoms with Gasteiger partial charge in [0, 0.05) is 26.4 Å². The van der Waals surface area contributed by atoms with E-state index in [4.69, 9.17) is 23.4 Å². The molecule has 0 N–H and O–H groups in total. The van der Waals surface area contributed by atoms with Crippen molar-refractivity contribution in [2.75, 3.05) is 40.6 Å². The van der Waals surface area contributed by atoms with Gasteiger partial charge in [0.05, 0.1) is 18.6 Å². The maximum Gasteiger partial charge on any atom is 0.346 e. The van der Waals surface area contributed by atoms with Crippen molar-refractivity contribution >= 4 is 17.3 Å². The standard InChI is InChI=1S/C16H18O7/c1-19-3-5-21-12-8-14(22-6-4-20-2)13-7-11(10-17)16(18)23-15(13)9-12/h7-10H,3-6H2,1-2H3. The van der Waals surface area contributed by atoms with Gasteiger partial charge in [0.15, 0.2) is 6.29 Å². The van der Waals surface area contributed by atoms with Crippen LogP contribution in [-0.2, 0) is 9.47 Å². The molecule has 124 valence electrons. The Morgan fingerprint density at radius 2 is 1.70 bits per heavy atom. The van der Waals surface area contributed by atoms with Crippen molar-refractivity contribution in [2.45, 2.75) is 0 Å². The maximum absolute atomic E-state index is 11.7. The first-order valence-electron chi connectivity index (χ1n) is 7.00. The Morgan fingerprint density at radius 1 is 1.00 bits per heavy atom. The minimum absolute atomic E-state index is 0.0675. The van der Waals surface area contributed by atoms with Crippen LogP contribution in [0, 0.1) is 0 Å². The van der Waals surface area contributed by atoms with Gasteiger partial charge in [-0.2, -0.15) is 0 Å². The average molecular weight is 322 g/mol. The molecule has 0 atom stereocenters. The van der Waals surface area contributed by atoms with Crippen LogP contribution >= 0.6 is 0 Å². The summed E-state index contributed by atoms with van der Waals surface area (Å²) in [4.78, 5) is 22.6. The first-order chi connectivity index (χ1) is 11.2.